The molecule has 40 heavy (non-hydrogen) atoms. The molecule has 2 aromatic heterocycles. The van der Waals surface area contributed by atoms with Crippen molar-refractivity contribution >= 4 is 38.3 Å². The summed E-state index contributed by atoms with van der Waals surface area (Å²) in [6.07, 6.45) is 3.10. The van der Waals surface area contributed by atoms with Gasteiger partial charge in [-0.3, -0.25) is 9.78 Å². The van der Waals surface area contributed by atoms with Gasteiger partial charge in [-0.15, -0.1) is 12.1 Å². The first-order valence-electron chi connectivity index (χ1n) is 13.4. The number of ketones is 1. The Morgan fingerprint density at radius 1 is 0.975 bits per heavy atom. The van der Waals surface area contributed by atoms with Crippen LogP contribution in [0.15, 0.2) is 64.9 Å². The van der Waals surface area contributed by atoms with E-state index in [2.05, 4.69) is 90.1 Å². The molecule has 1 N–H and O–H groups in total. The third-order valence-corrected chi connectivity index (χ3v) is 6.81. The molecule has 5 aromatic rings. The number of allylic oxidation sites excluding steroid dienone is 2. The van der Waals surface area contributed by atoms with Crippen LogP contribution in [0.2, 0.25) is 0 Å². The third-order valence-electron chi connectivity index (χ3n) is 6.81. The zero-order valence-corrected chi connectivity index (χ0v) is 27.2. The number of furan rings is 1. The summed E-state index contributed by atoms with van der Waals surface area (Å²) in [5, 5.41) is 14.4. The number of aromatic nitrogens is 1. The van der Waals surface area contributed by atoms with Crippen molar-refractivity contribution in [1.29, 1.82) is 0 Å². The van der Waals surface area contributed by atoms with E-state index < -0.39 is 0 Å². The van der Waals surface area contributed by atoms with Crippen LogP contribution in [0.4, 0.5) is 0 Å². The van der Waals surface area contributed by atoms with Gasteiger partial charge in [0.2, 0.25) is 0 Å². The molecule has 0 unspecified atom stereocenters. The number of aliphatic hydroxyl groups is 1. The van der Waals surface area contributed by atoms with Crippen molar-refractivity contribution in [1.82, 2.24) is 4.98 Å². The summed E-state index contributed by atoms with van der Waals surface area (Å²) in [4.78, 5) is 14.9. The van der Waals surface area contributed by atoms with Crippen LogP contribution in [0.5, 0.6) is 0 Å². The van der Waals surface area contributed by atoms with Crippen LogP contribution >= 0.6 is 0 Å². The number of hydrogen-bond donors (Lipinski definition) is 1. The largest absolute Gasteiger partial charge is 0.512 e. The Labute approximate surface area is 250 Å². The number of aliphatic hydroxyl groups excluding tert-OH is 1. The number of benzene rings is 3. The summed E-state index contributed by atoms with van der Waals surface area (Å²) in [6.45, 7) is 18.2. The Bertz CT molecular complexity index is 1730. The second-order valence-corrected chi connectivity index (χ2v) is 11.8. The maximum absolute atomic E-state index is 10.0. The fourth-order valence-corrected chi connectivity index (χ4v) is 5.15. The Kier molecular flexibility index (Phi) is 9.44. The number of hydrogen-bond acceptors (Lipinski definition) is 4. The minimum absolute atomic E-state index is 0. The molecule has 3 aromatic carbocycles. The first kappa shape index (κ1) is 31.3. The van der Waals surface area contributed by atoms with Gasteiger partial charge in [-0.2, -0.15) is 0 Å². The van der Waals surface area contributed by atoms with Crippen LogP contribution in [0.3, 0.4) is 0 Å². The molecular formula is C35H38IrNO3-. The number of aryl methyl sites for hydroxylation is 2. The van der Waals surface area contributed by atoms with Crippen molar-refractivity contribution in [3.63, 3.8) is 0 Å². The fraction of sp³-hybridized carbons (Fsp3) is 0.314. The van der Waals surface area contributed by atoms with Crippen molar-refractivity contribution in [3.8, 4) is 11.3 Å². The van der Waals surface area contributed by atoms with Gasteiger partial charge in [-0.25, -0.2) is 0 Å². The molecule has 4 nitrogen and oxygen atoms in total. The van der Waals surface area contributed by atoms with Gasteiger partial charge in [-0.1, -0.05) is 87.0 Å². The van der Waals surface area contributed by atoms with Gasteiger partial charge in [0, 0.05) is 38.1 Å². The summed E-state index contributed by atoms with van der Waals surface area (Å²) >= 11 is 0. The monoisotopic (exact) mass is 713 g/mol. The van der Waals surface area contributed by atoms with Crippen molar-refractivity contribution in [2.45, 2.75) is 73.6 Å². The topological polar surface area (TPSA) is 63.3 Å². The molecule has 0 saturated heterocycles. The van der Waals surface area contributed by atoms with Crippen molar-refractivity contribution in [2.24, 2.45) is 0 Å². The Balaban J connectivity index is 0.000000492. The van der Waals surface area contributed by atoms with Crippen molar-refractivity contribution in [2.75, 3.05) is 0 Å². The van der Waals surface area contributed by atoms with E-state index in [9.17, 15) is 4.79 Å². The predicted molar refractivity (Wildman–Crippen MR) is 163 cm³/mol. The van der Waals surface area contributed by atoms with Crippen molar-refractivity contribution in [3.05, 3.63) is 89.0 Å². The molecule has 0 bridgehead atoms. The number of carbonyl (C=O) groups excluding carboxylic acids is 1. The molecule has 0 spiro atoms. The molecule has 0 fully saturated rings. The van der Waals surface area contributed by atoms with Gasteiger partial charge in [-0.05, 0) is 72.2 Å². The second-order valence-electron chi connectivity index (χ2n) is 11.8. The van der Waals surface area contributed by atoms with E-state index in [1.54, 1.807) is 0 Å². The summed E-state index contributed by atoms with van der Waals surface area (Å²) in [6, 6.07) is 19.2. The molecule has 0 aliphatic carbocycles. The molecule has 0 aliphatic rings. The summed E-state index contributed by atoms with van der Waals surface area (Å²) < 4.78 is 6.06. The summed E-state index contributed by atoms with van der Waals surface area (Å²) in [5.74, 6) is 1.32. The van der Waals surface area contributed by atoms with Crippen LogP contribution in [-0.2, 0) is 30.3 Å². The molecule has 1 radical (unpaired) electrons. The van der Waals surface area contributed by atoms with E-state index in [0.717, 1.165) is 33.4 Å². The van der Waals surface area contributed by atoms with Crippen molar-refractivity contribution < 1.29 is 34.4 Å². The molecule has 0 aliphatic heterocycles. The fourth-order valence-electron chi connectivity index (χ4n) is 5.15. The van der Waals surface area contributed by atoms with Gasteiger partial charge >= 0.3 is 0 Å². The van der Waals surface area contributed by atoms with E-state index in [4.69, 9.17) is 14.5 Å². The Hall–Kier alpha value is -3.27. The molecule has 0 atom stereocenters. The summed E-state index contributed by atoms with van der Waals surface area (Å²) in [7, 11) is 0. The van der Waals surface area contributed by atoms with Crippen LogP contribution in [0.25, 0.3) is 43.8 Å². The number of rotatable bonds is 3. The van der Waals surface area contributed by atoms with E-state index in [1.807, 2.05) is 13.1 Å². The zero-order chi connectivity index (χ0) is 28.6. The van der Waals surface area contributed by atoms with Crippen LogP contribution in [0.1, 0.15) is 76.8 Å². The second kappa shape index (κ2) is 12.1. The molecule has 0 amide bonds. The average Bonchev–Trinajstić information content (AvgIpc) is 3.21. The number of fused-ring (bicyclic) bond motifs is 4. The van der Waals surface area contributed by atoms with Gasteiger partial charge < -0.3 is 9.52 Å². The molecule has 211 valence electrons. The maximum atomic E-state index is 10.0. The van der Waals surface area contributed by atoms with E-state index in [0.29, 0.717) is 5.92 Å². The number of nitrogens with zero attached hydrogens (tertiary/aromatic N) is 1. The molecular weight excluding hydrogens is 675 g/mol. The number of carbonyl (C=O) groups is 1. The standard InChI is InChI=1S/C30H30NO.C5H8O2.Ir/c1-17(2)25-12-18(3)13-26-22(25)8-9-24-23(26)10-11-31-28(24)20-15-21-14-19(4)32-29(21)27(16-20)30(5,6)7;1-4(6)3-5(2)7;/h8-14,16-17H,1-7H3;3,6H,1-2H3;/q-1;;/b;4-3-;. The van der Waals surface area contributed by atoms with Crippen LogP contribution in [-0.4, -0.2) is 15.9 Å². The van der Waals surface area contributed by atoms with Crippen LogP contribution < -0.4 is 0 Å². The Morgan fingerprint density at radius 2 is 1.65 bits per heavy atom. The van der Waals surface area contributed by atoms with E-state index >= 15 is 0 Å². The predicted octanol–water partition coefficient (Wildman–Crippen LogP) is 9.67. The average molecular weight is 713 g/mol. The van der Waals surface area contributed by atoms with Crippen LogP contribution in [0, 0.1) is 19.9 Å². The van der Waals surface area contributed by atoms with Gasteiger partial charge in [0.25, 0.3) is 0 Å². The zero-order valence-electron chi connectivity index (χ0n) is 24.8. The van der Waals surface area contributed by atoms with E-state index in [1.165, 1.54) is 52.8 Å². The van der Waals surface area contributed by atoms with Gasteiger partial charge in [0.1, 0.15) is 0 Å². The smallest absolute Gasteiger partial charge is 0.155 e. The maximum Gasteiger partial charge on any atom is 0.155 e. The Morgan fingerprint density at radius 3 is 2.23 bits per heavy atom. The van der Waals surface area contributed by atoms with Gasteiger partial charge in [0.05, 0.1) is 17.1 Å². The van der Waals surface area contributed by atoms with E-state index in [-0.39, 0.29) is 37.1 Å². The normalized spacial score (nSPS) is 12.0. The SMILES string of the molecule is CC(=O)/C=C(/C)O.Cc1cc(C(C)C)c2ccc3c(-c4[c-]c5cc(C)oc5c(C(C)(C)C)c4)nccc3c2c1.[Ir]. The van der Waals surface area contributed by atoms with Gasteiger partial charge in [0.15, 0.2) is 5.78 Å². The minimum Gasteiger partial charge on any atom is -0.512 e. The third kappa shape index (κ3) is 6.54. The molecule has 5 heteroatoms. The minimum atomic E-state index is -0.125. The molecule has 0 saturated carbocycles. The summed E-state index contributed by atoms with van der Waals surface area (Å²) in [5.41, 5.74) is 6.76. The molecule has 5 rings (SSSR count). The quantitative estimate of drug-likeness (QED) is 0.0876. The molecule has 2 heterocycles. The number of pyridine rings is 1. The first-order chi connectivity index (χ1) is 18.3. The first-order valence-corrected chi connectivity index (χ1v) is 13.4.